The Labute approximate surface area is 268 Å². The second kappa shape index (κ2) is 11.3. The fourth-order valence-electron chi connectivity index (χ4n) is 5.98. The summed E-state index contributed by atoms with van der Waals surface area (Å²) in [5, 5.41) is 11.0. The Morgan fingerprint density at radius 1 is 1.17 bits per heavy atom. The molecule has 3 saturated heterocycles. The van der Waals surface area contributed by atoms with E-state index in [2.05, 4.69) is 56.5 Å². The lowest BCUT2D eigenvalue weighted by atomic mass is 9.93. The summed E-state index contributed by atoms with van der Waals surface area (Å²) >= 11 is 7.70. The van der Waals surface area contributed by atoms with Crippen LogP contribution in [0, 0.1) is 12.0 Å². The van der Waals surface area contributed by atoms with Gasteiger partial charge in [0.25, 0.3) is 5.56 Å². The molecule has 0 radical (unpaired) electrons. The Morgan fingerprint density at radius 2 is 1.98 bits per heavy atom. The molecule has 0 aliphatic carbocycles. The van der Waals surface area contributed by atoms with Crippen molar-refractivity contribution in [2.45, 2.75) is 53.9 Å². The average molecular weight is 719 g/mol. The van der Waals surface area contributed by atoms with Crippen LogP contribution in [0.4, 0.5) is 11.5 Å². The van der Waals surface area contributed by atoms with Crippen LogP contribution in [0.2, 0.25) is 0 Å². The number of aromatic amines is 1. The van der Waals surface area contributed by atoms with Gasteiger partial charge in [-0.3, -0.25) is 32.9 Å². The molecule has 0 spiro atoms. The van der Waals surface area contributed by atoms with Crippen LogP contribution in [0.15, 0.2) is 33.2 Å². The van der Waals surface area contributed by atoms with Gasteiger partial charge in [-0.1, -0.05) is 24.5 Å². The van der Waals surface area contributed by atoms with Crippen LogP contribution >= 0.6 is 38.1 Å². The predicted octanol–water partition coefficient (Wildman–Crippen LogP) is -0.580. The molecule has 7 rings (SSSR count). The lowest BCUT2D eigenvalue weighted by Crippen LogP contribution is -2.48. The molecule has 23 heteroatoms. The molecule has 7 heterocycles. The van der Waals surface area contributed by atoms with E-state index in [-0.39, 0.29) is 12.4 Å². The van der Waals surface area contributed by atoms with Gasteiger partial charge in [0.15, 0.2) is 23.8 Å². The number of ether oxygens (including phenoxy) is 4. The van der Waals surface area contributed by atoms with Crippen LogP contribution in [0.5, 0.6) is 0 Å². The Kier molecular flexibility index (Phi) is 7.83. The summed E-state index contributed by atoms with van der Waals surface area (Å²) in [4.78, 5) is 48.2. The molecule has 11 atom stereocenters. The average Bonchev–Trinajstić information content (AvgIpc) is 3.67. The van der Waals surface area contributed by atoms with Gasteiger partial charge in [0, 0.05) is 18.5 Å². The number of nitrogens with two attached hydrogens (primary N) is 1. The van der Waals surface area contributed by atoms with Gasteiger partial charge in [-0.15, -0.1) is 0 Å². The zero-order valence-corrected chi connectivity index (χ0v) is 26.6. The van der Waals surface area contributed by atoms with Gasteiger partial charge >= 0.3 is 19.3 Å². The van der Waals surface area contributed by atoms with E-state index in [4.69, 9.17) is 38.3 Å². The summed E-state index contributed by atoms with van der Waals surface area (Å²) < 4.78 is 66.7. The maximum atomic E-state index is 13.7. The number of hydrogen-bond donors (Lipinski definition) is 6. The molecule has 0 saturated carbocycles. The van der Waals surface area contributed by atoms with E-state index in [1.165, 1.54) is 12.5 Å². The maximum Gasteiger partial charge on any atom is 0.386 e. The summed E-state index contributed by atoms with van der Waals surface area (Å²) in [6.45, 7) is -10.2. The minimum atomic E-state index is -4.42. The van der Waals surface area contributed by atoms with Gasteiger partial charge in [0.05, 0.1) is 24.8 Å². The van der Waals surface area contributed by atoms with Crippen molar-refractivity contribution < 1.29 is 51.6 Å². The van der Waals surface area contributed by atoms with Crippen molar-refractivity contribution in [2.24, 2.45) is 4.99 Å². The molecule has 2 aromatic heterocycles. The van der Waals surface area contributed by atoms with E-state index in [1.54, 1.807) is 0 Å². The Bertz CT molecular complexity index is 1900. The van der Waals surface area contributed by atoms with Gasteiger partial charge in [0.2, 0.25) is 0 Å². The minimum absolute atomic E-state index is 0.144. The first kappa shape index (κ1) is 32.0. The number of aliphatic hydroxyl groups excluding tert-OH is 1. The van der Waals surface area contributed by atoms with Crippen LogP contribution < -0.4 is 17.0 Å². The van der Waals surface area contributed by atoms with Crippen LogP contribution in [0.3, 0.4) is 0 Å². The SMILES string of the molecule is Nc1ncnc2c1N=CC2[C@@H]1O[C@@]2(COP(=O)(O)S)CO[C@@H]1[C@@H]2OP(=O)(S)OC[C@@]12C#CO[C@@H]([C@H](n3ccc(=O)[nH]c3=O)O1)[C@@H]2O. The Morgan fingerprint density at radius 3 is 2.74 bits per heavy atom. The summed E-state index contributed by atoms with van der Waals surface area (Å²) in [6.07, 6.45) is -0.717. The lowest BCUT2D eigenvalue weighted by Gasteiger charge is -2.33. The molecule has 0 amide bonds. The Balaban J connectivity index is 1.12. The van der Waals surface area contributed by atoms with E-state index in [1.807, 2.05) is 0 Å². The molecule has 4 bridgehead atoms. The van der Waals surface area contributed by atoms with Crippen LogP contribution in [-0.2, 0) is 41.6 Å². The number of nitrogens with zero attached hydrogens (tertiary/aromatic N) is 4. The van der Waals surface area contributed by atoms with Crippen molar-refractivity contribution in [1.29, 1.82) is 0 Å². The summed E-state index contributed by atoms with van der Waals surface area (Å²) in [5.74, 6) is 2.08. The van der Waals surface area contributed by atoms with Gasteiger partial charge in [-0.05, 0) is 5.92 Å². The first-order chi connectivity index (χ1) is 21.7. The molecule has 3 unspecified atom stereocenters. The number of nitrogen functional groups attached to an aromatic ring is 1. The fraction of sp³-hybridized carbons (Fsp3) is 0.522. The van der Waals surface area contributed by atoms with Gasteiger partial charge in [0.1, 0.15) is 54.7 Å². The number of hydrogen-bond acceptors (Lipinski definition) is 16. The molecule has 2 aromatic rings. The van der Waals surface area contributed by atoms with E-state index >= 15 is 0 Å². The maximum absolute atomic E-state index is 13.7. The number of H-pyrrole nitrogens is 1. The molecule has 5 aliphatic rings. The number of fused-ring (bicyclic) bond motifs is 5. The van der Waals surface area contributed by atoms with Crippen molar-refractivity contribution in [3.63, 3.8) is 0 Å². The molecule has 5 aliphatic heterocycles. The third-order valence-corrected chi connectivity index (χ3v) is 10.5. The van der Waals surface area contributed by atoms with Gasteiger partial charge in [-0.25, -0.2) is 23.9 Å². The number of aliphatic imine (C=N–C) groups is 1. The summed E-state index contributed by atoms with van der Waals surface area (Å²) in [6, 6.07) is 1.08. The molecular weight excluding hydrogens is 694 g/mol. The second-order valence-corrected chi connectivity index (χ2v) is 16.6. The number of nitrogens with one attached hydrogen (secondary N) is 1. The lowest BCUT2D eigenvalue weighted by molar-refractivity contribution is -0.158. The standard InChI is InChI=1S/C23H24N6O13P2S2/c24-19-13-12(26-9-27-19)10(5-25-13)14-15-18(23(40-14,6-37-15)8-38-43(33,34)45)42-44(35,46)39-7-22-2-4-36-16(17(22)31)20(41-22)29-3-1-11(30)28-21(29)32/h1,3,5,9-10,14-18,20,31H,6-8H2,(H,35,46)(H2,24,26,27)(H,28,30,32)(H2,33,34,45)/t10?,14-,15-,16+,17-,18-,20+,22+,23+,44?/m0/s1. The largest absolute Gasteiger partial charge is 0.435 e. The van der Waals surface area contributed by atoms with Crippen LogP contribution in [0.25, 0.3) is 0 Å². The zero-order chi connectivity index (χ0) is 32.6. The van der Waals surface area contributed by atoms with Crippen molar-refractivity contribution in [3.8, 4) is 12.0 Å². The molecule has 246 valence electrons. The monoisotopic (exact) mass is 718 g/mol. The number of anilines is 1. The van der Waals surface area contributed by atoms with Crippen molar-refractivity contribution in [2.75, 3.05) is 25.6 Å². The van der Waals surface area contributed by atoms with E-state index in [9.17, 15) is 28.7 Å². The topological polar surface area (TPSA) is 258 Å². The quantitative estimate of drug-likeness (QED) is 0.102. The smallest absolute Gasteiger partial charge is 0.386 e. The van der Waals surface area contributed by atoms with E-state index in [0.717, 1.165) is 16.8 Å². The number of aliphatic hydroxyl groups is 1. The second-order valence-electron chi connectivity index (χ2n) is 10.9. The first-order valence-corrected chi connectivity index (χ1v) is 18.8. The number of rotatable bonds is 10. The molecule has 3 fully saturated rings. The van der Waals surface area contributed by atoms with Crippen molar-refractivity contribution in [3.05, 3.63) is 45.1 Å². The molecule has 0 aromatic carbocycles. The molecule has 5 N–H and O–H groups in total. The van der Waals surface area contributed by atoms with Crippen LogP contribution in [0.1, 0.15) is 17.8 Å². The third kappa shape index (κ3) is 5.45. The van der Waals surface area contributed by atoms with E-state index in [0.29, 0.717) is 11.4 Å². The van der Waals surface area contributed by atoms with Crippen LogP contribution in [-0.4, -0.2) is 97.3 Å². The third-order valence-electron chi connectivity index (χ3n) is 8.09. The van der Waals surface area contributed by atoms with Gasteiger partial charge in [-0.2, -0.15) is 0 Å². The van der Waals surface area contributed by atoms with Gasteiger partial charge < -0.3 is 34.7 Å². The first-order valence-electron chi connectivity index (χ1n) is 13.4. The highest BCUT2D eigenvalue weighted by atomic mass is 32.7. The minimum Gasteiger partial charge on any atom is -0.435 e. The zero-order valence-electron chi connectivity index (χ0n) is 23.0. The normalized spacial score (nSPS) is 37.6. The molecule has 19 nitrogen and oxygen atoms in total. The summed E-state index contributed by atoms with van der Waals surface area (Å²) in [5.41, 5.74) is 1.79. The molecular formula is C23H24N6O13P2S2. The fourth-order valence-corrected chi connectivity index (χ4v) is 8.03. The van der Waals surface area contributed by atoms with E-state index < -0.39 is 91.9 Å². The highest BCUT2D eigenvalue weighted by Crippen LogP contribution is 2.61. The van der Waals surface area contributed by atoms with Crippen molar-refractivity contribution in [1.82, 2.24) is 19.5 Å². The summed E-state index contributed by atoms with van der Waals surface area (Å²) in [7, 11) is 0. The predicted molar refractivity (Wildman–Crippen MR) is 160 cm³/mol. The highest BCUT2D eigenvalue weighted by molar-refractivity contribution is 8.44. The van der Waals surface area contributed by atoms with Crippen molar-refractivity contribution >= 4 is 55.8 Å². The highest BCUT2D eigenvalue weighted by Gasteiger charge is 2.66. The number of aromatic nitrogens is 4. The molecule has 46 heavy (non-hydrogen) atoms. The Hall–Kier alpha value is -2.57. The number of thiol groups is 2.